The first-order valence-electron chi connectivity index (χ1n) is 9.35. The van der Waals surface area contributed by atoms with Crippen LogP contribution in [0.3, 0.4) is 0 Å². The number of benzene rings is 1. The Morgan fingerprint density at radius 3 is 2.92 bits per heavy atom. The third-order valence-corrected chi connectivity index (χ3v) is 5.37. The van der Waals surface area contributed by atoms with Crippen molar-refractivity contribution in [3.05, 3.63) is 41.7 Å². The molecule has 7 heteroatoms. The minimum absolute atomic E-state index is 0.178. The molecule has 0 spiro atoms. The van der Waals surface area contributed by atoms with Crippen molar-refractivity contribution in [3.8, 4) is 5.75 Å². The Morgan fingerprint density at radius 1 is 1.27 bits per heavy atom. The molecule has 1 fully saturated rings. The number of aromatic nitrogens is 3. The van der Waals surface area contributed by atoms with Gasteiger partial charge in [0.25, 0.3) is 5.91 Å². The minimum atomic E-state index is -0.178. The summed E-state index contributed by atoms with van der Waals surface area (Å²) in [6.07, 6.45) is 6.63. The molecule has 26 heavy (non-hydrogen) atoms. The van der Waals surface area contributed by atoms with Gasteiger partial charge in [0.15, 0.2) is 5.69 Å². The van der Waals surface area contributed by atoms with Crippen LogP contribution in [-0.2, 0) is 6.42 Å². The lowest BCUT2D eigenvalue weighted by molar-refractivity contribution is 0.0934. The quantitative estimate of drug-likeness (QED) is 0.870. The van der Waals surface area contributed by atoms with E-state index in [-0.39, 0.29) is 11.8 Å². The second kappa shape index (κ2) is 7.45. The van der Waals surface area contributed by atoms with Crippen molar-refractivity contribution in [2.24, 2.45) is 11.7 Å². The molecule has 138 valence electrons. The number of rotatable bonds is 4. The summed E-state index contributed by atoms with van der Waals surface area (Å²) in [7, 11) is 0. The van der Waals surface area contributed by atoms with Gasteiger partial charge in [0.1, 0.15) is 5.75 Å². The van der Waals surface area contributed by atoms with Crippen LogP contribution in [0.1, 0.15) is 47.8 Å². The number of carbonyl (C=O) groups excluding carboxylic acids is 1. The van der Waals surface area contributed by atoms with Crippen LogP contribution in [0.15, 0.2) is 30.5 Å². The molecule has 1 aromatic carbocycles. The summed E-state index contributed by atoms with van der Waals surface area (Å²) < 4.78 is 7.59. The monoisotopic (exact) mass is 355 g/mol. The van der Waals surface area contributed by atoms with Gasteiger partial charge in [0.2, 0.25) is 0 Å². The molecule has 1 aliphatic carbocycles. The number of nitrogens with zero attached hydrogens (tertiary/aromatic N) is 3. The number of hydrogen-bond acceptors (Lipinski definition) is 5. The molecule has 1 aromatic heterocycles. The normalized spacial score (nSPS) is 25.2. The molecular weight excluding hydrogens is 330 g/mol. The zero-order valence-corrected chi connectivity index (χ0v) is 14.8. The van der Waals surface area contributed by atoms with Gasteiger partial charge in [-0.3, -0.25) is 4.79 Å². The van der Waals surface area contributed by atoms with Crippen LogP contribution < -0.4 is 15.8 Å². The fourth-order valence-electron chi connectivity index (χ4n) is 3.77. The number of nitrogens with one attached hydrogen (secondary N) is 1. The highest BCUT2D eigenvalue weighted by Crippen LogP contribution is 2.27. The molecule has 3 N–H and O–H groups in total. The lowest BCUT2D eigenvalue weighted by Gasteiger charge is -2.25. The average molecular weight is 355 g/mol. The number of amides is 1. The predicted octanol–water partition coefficient (Wildman–Crippen LogP) is 1.70. The Bertz CT molecular complexity index is 767. The van der Waals surface area contributed by atoms with E-state index in [2.05, 4.69) is 21.7 Å². The van der Waals surface area contributed by atoms with Gasteiger partial charge >= 0.3 is 0 Å². The van der Waals surface area contributed by atoms with Crippen molar-refractivity contribution in [1.29, 1.82) is 0 Å². The van der Waals surface area contributed by atoms with Crippen molar-refractivity contribution in [2.45, 2.75) is 44.2 Å². The Hall–Kier alpha value is -2.41. The topological polar surface area (TPSA) is 95.1 Å². The van der Waals surface area contributed by atoms with E-state index in [1.807, 2.05) is 22.9 Å². The SMILES string of the molecule is NC1CCC(n2cc(C(=O)NC[C@H]3COc4ccccc4C3)nn2)CC1. The van der Waals surface area contributed by atoms with Gasteiger partial charge in [-0.05, 0) is 43.7 Å². The second-order valence-corrected chi connectivity index (χ2v) is 7.35. The maximum atomic E-state index is 12.4. The number of ether oxygens (including phenoxy) is 1. The van der Waals surface area contributed by atoms with E-state index in [4.69, 9.17) is 10.5 Å². The molecular formula is C19H25N5O2. The van der Waals surface area contributed by atoms with Crippen molar-refractivity contribution in [3.63, 3.8) is 0 Å². The molecule has 2 aromatic rings. The van der Waals surface area contributed by atoms with Crippen LogP contribution in [0.2, 0.25) is 0 Å². The van der Waals surface area contributed by atoms with Crippen molar-refractivity contribution >= 4 is 5.91 Å². The molecule has 4 rings (SSSR count). The first-order valence-corrected chi connectivity index (χ1v) is 9.35. The lowest BCUT2D eigenvalue weighted by Crippen LogP contribution is -2.35. The maximum Gasteiger partial charge on any atom is 0.273 e. The predicted molar refractivity (Wildman–Crippen MR) is 97.0 cm³/mol. The second-order valence-electron chi connectivity index (χ2n) is 7.35. The summed E-state index contributed by atoms with van der Waals surface area (Å²) in [5.41, 5.74) is 7.52. The third-order valence-electron chi connectivity index (χ3n) is 5.37. The van der Waals surface area contributed by atoms with E-state index >= 15 is 0 Å². The van der Waals surface area contributed by atoms with Crippen LogP contribution in [0, 0.1) is 5.92 Å². The molecule has 0 radical (unpaired) electrons. The Labute approximate surface area is 152 Å². The van der Waals surface area contributed by atoms with Crippen LogP contribution in [-0.4, -0.2) is 40.1 Å². The highest BCUT2D eigenvalue weighted by Gasteiger charge is 2.23. The van der Waals surface area contributed by atoms with Gasteiger partial charge in [-0.25, -0.2) is 4.68 Å². The average Bonchev–Trinajstić information content (AvgIpc) is 3.17. The van der Waals surface area contributed by atoms with Gasteiger partial charge in [-0.15, -0.1) is 5.10 Å². The van der Waals surface area contributed by atoms with Crippen molar-refractivity contribution < 1.29 is 9.53 Å². The van der Waals surface area contributed by atoms with E-state index < -0.39 is 0 Å². The molecule has 1 amide bonds. The van der Waals surface area contributed by atoms with E-state index in [1.165, 1.54) is 5.56 Å². The summed E-state index contributed by atoms with van der Waals surface area (Å²) in [5.74, 6) is 1.04. The van der Waals surface area contributed by atoms with Crippen LogP contribution in [0.25, 0.3) is 0 Å². The van der Waals surface area contributed by atoms with E-state index in [9.17, 15) is 4.79 Å². The van der Waals surface area contributed by atoms with Crippen LogP contribution in [0.5, 0.6) is 5.75 Å². The van der Waals surface area contributed by atoms with Gasteiger partial charge in [-0.2, -0.15) is 0 Å². The van der Waals surface area contributed by atoms with E-state index in [0.717, 1.165) is 37.9 Å². The lowest BCUT2D eigenvalue weighted by atomic mass is 9.92. The van der Waals surface area contributed by atoms with E-state index in [1.54, 1.807) is 6.20 Å². The molecule has 7 nitrogen and oxygen atoms in total. The Kier molecular flexibility index (Phi) is 4.88. The summed E-state index contributed by atoms with van der Waals surface area (Å²) in [6, 6.07) is 8.64. The van der Waals surface area contributed by atoms with E-state index in [0.29, 0.717) is 30.9 Å². The first kappa shape index (κ1) is 17.0. The largest absolute Gasteiger partial charge is 0.493 e. The Morgan fingerprint density at radius 2 is 2.08 bits per heavy atom. The summed E-state index contributed by atoms with van der Waals surface area (Å²) >= 11 is 0. The summed E-state index contributed by atoms with van der Waals surface area (Å²) in [4.78, 5) is 12.4. The third kappa shape index (κ3) is 3.72. The molecule has 1 atom stereocenters. The number of hydrogen-bond donors (Lipinski definition) is 2. The molecule has 0 bridgehead atoms. The van der Waals surface area contributed by atoms with Gasteiger partial charge < -0.3 is 15.8 Å². The molecule has 0 unspecified atom stereocenters. The molecule has 2 heterocycles. The van der Waals surface area contributed by atoms with Crippen molar-refractivity contribution in [1.82, 2.24) is 20.3 Å². The van der Waals surface area contributed by atoms with Crippen LogP contribution >= 0.6 is 0 Å². The molecule has 0 saturated heterocycles. The number of fused-ring (bicyclic) bond motifs is 1. The van der Waals surface area contributed by atoms with Gasteiger partial charge in [0.05, 0.1) is 18.8 Å². The molecule has 2 aliphatic rings. The summed E-state index contributed by atoms with van der Waals surface area (Å²) in [5, 5.41) is 11.2. The molecule has 1 saturated carbocycles. The minimum Gasteiger partial charge on any atom is -0.493 e. The summed E-state index contributed by atoms with van der Waals surface area (Å²) in [6.45, 7) is 1.19. The zero-order valence-electron chi connectivity index (χ0n) is 14.8. The first-order chi connectivity index (χ1) is 12.7. The highest BCUT2D eigenvalue weighted by molar-refractivity contribution is 5.91. The zero-order chi connectivity index (χ0) is 17.9. The number of nitrogens with two attached hydrogens (primary N) is 1. The smallest absolute Gasteiger partial charge is 0.273 e. The number of para-hydroxylation sites is 1. The fourth-order valence-corrected chi connectivity index (χ4v) is 3.77. The standard InChI is InChI=1S/C19H25N5O2/c20-15-5-7-16(8-6-15)24-11-17(22-23-24)19(25)21-10-13-9-14-3-1-2-4-18(14)26-12-13/h1-4,11,13,15-16H,5-10,12,20H2,(H,21,25)/t13-,15?,16?/m0/s1. The number of carbonyl (C=O) groups is 1. The van der Waals surface area contributed by atoms with Gasteiger partial charge in [0, 0.05) is 18.5 Å². The van der Waals surface area contributed by atoms with Crippen LogP contribution in [0.4, 0.5) is 0 Å². The highest BCUT2D eigenvalue weighted by atomic mass is 16.5. The van der Waals surface area contributed by atoms with Crippen molar-refractivity contribution in [2.75, 3.05) is 13.2 Å². The Balaban J connectivity index is 1.30. The molecule has 1 aliphatic heterocycles. The fraction of sp³-hybridized carbons (Fsp3) is 0.526. The van der Waals surface area contributed by atoms with Gasteiger partial charge in [-0.1, -0.05) is 23.4 Å². The maximum absolute atomic E-state index is 12.4.